The molecule has 1 aliphatic rings. The summed E-state index contributed by atoms with van der Waals surface area (Å²) in [7, 11) is 0. The van der Waals surface area contributed by atoms with Crippen molar-refractivity contribution >= 4 is 11.7 Å². The SMILES string of the molecule is CCOC(=O)C1(c2ccccc2)CCC(=NO)C1. The number of hydrogen-bond acceptors (Lipinski definition) is 4. The molecule has 1 N–H and O–H groups in total. The summed E-state index contributed by atoms with van der Waals surface area (Å²) < 4.78 is 5.20. The van der Waals surface area contributed by atoms with E-state index < -0.39 is 5.41 Å². The molecule has 1 unspecified atom stereocenters. The van der Waals surface area contributed by atoms with Crippen LogP contribution in [0.5, 0.6) is 0 Å². The minimum Gasteiger partial charge on any atom is -0.465 e. The number of carbonyl (C=O) groups is 1. The molecule has 0 radical (unpaired) electrons. The minimum atomic E-state index is -0.682. The number of nitrogens with zero attached hydrogens (tertiary/aromatic N) is 1. The third kappa shape index (κ3) is 2.10. The van der Waals surface area contributed by atoms with Crippen molar-refractivity contribution in [2.24, 2.45) is 5.16 Å². The maximum absolute atomic E-state index is 12.3. The number of rotatable bonds is 3. The van der Waals surface area contributed by atoms with Crippen LogP contribution in [0.3, 0.4) is 0 Å². The predicted molar refractivity (Wildman–Crippen MR) is 67.8 cm³/mol. The third-order valence-corrected chi connectivity index (χ3v) is 3.48. The zero-order valence-electron chi connectivity index (χ0n) is 10.4. The van der Waals surface area contributed by atoms with Crippen molar-refractivity contribution in [3.63, 3.8) is 0 Å². The van der Waals surface area contributed by atoms with E-state index in [1.807, 2.05) is 30.3 Å². The number of hydrogen-bond donors (Lipinski definition) is 1. The molecular formula is C14H17NO3. The average molecular weight is 247 g/mol. The molecule has 0 aliphatic heterocycles. The monoisotopic (exact) mass is 247 g/mol. The van der Waals surface area contributed by atoms with Crippen LogP contribution in [0, 0.1) is 0 Å². The van der Waals surface area contributed by atoms with Gasteiger partial charge in [-0.05, 0) is 25.3 Å². The fourth-order valence-electron chi connectivity index (χ4n) is 2.53. The first-order chi connectivity index (χ1) is 8.73. The largest absolute Gasteiger partial charge is 0.465 e. The Morgan fingerprint density at radius 2 is 2.17 bits per heavy atom. The van der Waals surface area contributed by atoms with E-state index in [1.165, 1.54) is 0 Å². The second-order valence-electron chi connectivity index (χ2n) is 4.51. The molecule has 4 nitrogen and oxygen atoms in total. The Morgan fingerprint density at radius 3 is 2.72 bits per heavy atom. The molecule has 4 heteroatoms. The highest BCUT2D eigenvalue weighted by Gasteiger charge is 2.46. The van der Waals surface area contributed by atoms with Crippen molar-refractivity contribution in [1.82, 2.24) is 0 Å². The molecular weight excluding hydrogens is 230 g/mol. The van der Waals surface area contributed by atoms with E-state index in [2.05, 4.69) is 5.16 Å². The van der Waals surface area contributed by atoms with Gasteiger partial charge in [0.2, 0.25) is 0 Å². The van der Waals surface area contributed by atoms with Gasteiger partial charge in [0.05, 0.1) is 17.7 Å². The van der Waals surface area contributed by atoms with Crippen molar-refractivity contribution in [2.75, 3.05) is 6.61 Å². The molecule has 2 rings (SSSR count). The second kappa shape index (κ2) is 5.21. The van der Waals surface area contributed by atoms with Gasteiger partial charge in [0.25, 0.3) is 0 Å². The highest BCUT2D eigenvalue weighted by Crippen LogP contribution is 2.40. The van der Waals surface area contributed by atoms with Gasteiger partial charge in [-0.1, -0.05) is 35.5 Å². The number of carbonyl (C=O) groups excluding carboxylic acids is 1. The summed E-state index contributed by atoms with van der Waals surface area (Å²) in [6.45, 7) is 2.16. The van der Waals surface area contributed by atoms with Crippen LogP contribution in [0.2, 0.25) is 0 Å². The first kappa shape index (κ1) is 12.6. The Balaban J connectivity index is 2.39. The number of ether oxygens (including phenoxy) is 1. The summed E-state index contributed by atoms with van der Waals surface area (Å²) in [5.41, 5.74) is 0.910. The fraction of sp³-hybridized carbons (Fsp3) is 0.429. The molecule has 0 spiro atoms. The Hall–Kier alpha value is -1.84. The highest BCUT2D eigenvalue weighted by atomic mass is 16.5. The standard InChI is InChI=1S/C14H17NO3/c1-2-18-13(16)14(9-8-12(10-14)15-17)11-6-4-3-5-7-11/h3-7,17H,2,8-10H2,1H3. The molecule has 1 aromatic carbocycles. The molecule has 1 saturated carbocycles. The molecule has 0 aromatic heterocycles. The minimum absolute atomic E-state index is 0.227. The van der Waals surface area contributed by atoms with Gasteiger partial charge in [0, 0.05) is 6.42 Å². The molecule has 1 aliphatic carbocycles. The number of benzene rings is 1. The van der Waals surface area contributed by atoms with Crippen LogP contribution >= 0.6 is 0 Å². The molecule has 1 aromatic rings. The average Bonchev–Trinajstić information content (AvgIpc) is 2.86. The molecule has 1 fully saturated rings. The van der Waals surface area contributed by atoms with E-state index in [0.29, 0.717) is 31.6 Å². The number of esters is 1. The smallest absolute Gasteiger partial charge is 0.316 e. The van der Waals surface area contributed by atoms with Gasteiger partial charge >= 0.3 is 5.97 Å². The summed E-state index contributed by atoms with van der Waals surface area (Å²) in [5, 5.41) is 12.2. The topological polar surface area (TPSA) is 58.9 Å². The quantitative estimate of drug-likeness (QED) is 0.507. The van der Waals surface area contributed by atoms with Crippen molar-refractivity contribution in [1.29, 1.82) is 0 Å². The van der Waals surface area contributed by atoms with Crippen LogP contribution in [-0.2, 0) is 14.9 Å². The molecule has 18 heavy (non-hydrogen) atoms. The molecule has 0 bridgehead atoms. The van der Waals surface area contributed by atoms with Crippen LogP contribution in [0.4, 0.5) is 0 Å². The van der Waals surface area contributed by atoms with E-state index in [0.717, 1.165) is 5.56 Å². The maximum atomic E-state index is 12.3. The zero-order valence-corrected chi connectivity index (χ0v) is 10.4. The molecule has 0 saturated heterocycles. The highest BCUT2D eigenvalue weighted by molar-refractivity contribution is 5.97. The lowest BCUT2D eigenvalue weighted by Gasteiger charge is -2.26. The van der Waals surface area contributed by atoms with Crippen LogP contribution in [-0.4, -0.2) is 23.5 Å². The van der Waals surface area contributed by atoms with Gasteiger partial charge in [-0.3, -0.25) is 4.79 Å². The van der Waals surface area contributed by atoms with Gasteiger partial charge in [-0.15, -0.1) is 0 Å². The van der Waals surface area contributed by atoms with Crippen LogP contribution in [0.1, 0.15) is 31.7 Å². The Morgan fingerprint density at radius 1 is 1.44 bits per heavy atom. The van der Waals surface area contributed by atoms with E-state index >= 15 is 0 Å². The predicted octanol–water partition coefficient (Wildman–Crippen LogP) is 2.50. The van der Waals surface area contributed by atoms with E-state index in [4.69, 9.17) is 9.94 Å². The van der Waals surface area contributed by atoms with Gasteiger partial charge < -0.3 is 9.94 Å². The van der Waals surface area contributed by atoms with E-state index in [9.17, 15) is 4.79 Å². The van der Waals surface area contributed by atoms with Crippen molar-refractivity contribution < 1.29 is 14.7 Å². The normalized spacial score (nSPS) is 25.3. The summed E-state index contributed by atoms with van der Waals surface area (Å²) in [4.78, 5) is 12.3. The van der Waals surface area contributed by atoms with Gasteiger partial charge in [0.15, 0.2) is 0 Å². The lowest BCUT2D eigenvalue weighted by atomic mass is 9.79. The number of oxime groups is 1. The van der Waals surface area contributed by atoms with Crippen LogP contribution < -0.4 is 0 Å². The van der Waals surface area contributed by atoms with Gasteiger partial charge in [0.1, 0.15) is 0 Å². The lowest BCUT2D eigenvalue weighted by Crippen LogP contribution is -2.35. The zero-order chi connectivity index (χ0) is 13.0. The Bertz CT molecular complexity index is 455. The molecule has 96 valence electrons. The molecule has 1 atom stereocenters. The molecule has 0 amide bonds. The van der Waals surface area contributed by atoms with E-state index in [-0.39, 0.29) is 5.97 Å². The first-order valence-electron chi connectivity index (χ1n) is 6.15. The lowest BCUT2D eigenvalue weighted by molar-refractivity contribution is -0.149. The second-order valence-corrected chi connectivity index (χ2v) is 4.51. The fourth-order valence-corrected chi connectivity index (χ4v) is 2.53. The molecule has 0 heterocycles. The summed E-state index contributed by atoms with van der Waals surface area (Å²) in [6, 6.07) is 9.58. The van der Waals surface area contributed by atoms with Gasteiger partial charge in [-0.2, -0.15) is 0 Å². The van der Waals surface area contributed by atoms with Crippen LogP contribution in [0.25, 0.3) is 0 Å². The van der Waals surface area contributed by atoms with E-state index in [1.54, 1.807) is 6.92 Å². The maximum Gasteiger partial charge on any atom is 0.316 e. The summed E-state index contributed by atoms with van der Waals surface area (Å²) in [6.07, 6.45) is 1.70. The Labute approximate surface area is 106 Å². The van der Waals surface area contributed by atoms with Gasteiger partial charge in [-0.25, -0.2) is 0 Å². The van der Waals surface area contributed by atoms with Crippen molar-refractivity contribution in [3.8, 4) is 0 Å². The van der Waals surface area contributed by atoms with Crippen molar-refractivity contribution in [3.05, 3.63) is 35.9 Å². The first-order valence-corrected chi connectivity index (χ1v) is 6.15. The van der Waals surface area contributed by atoms with Crippen LogP contribution in [0.15, 0.2) is 35.5 Å². The third-order valence-electron chi connectivity index (χ3n) is 3.48. The summed E-state index contributed by atoms with van der Waals surface area (Å²) in [5.74, 6) is -0.227. The van der Waals surface area contributed by atoms with Crippen molar-refractivity contribution in [2.45, 2.75) is 31.6 Å². The Kier molecular flexibility index (Phi) is 3.65. The summed E-state index contributed by atoms with van der Waals surface area (Å²) >= 11 is 0.